The standard InChI is InChI=1S/C20H17NO3/c22-20(23)21(17-10-5-2-6-11-17)18-12-7-13-19(14-18)24-15-16-8-3-1-4-9-16/h1-14H,15H2,(H,22,23). The van der Waals surface area contributed by atoms with Gasteiger partial charge in [-0.2, -0.15) is 0 Å². The quantitative estimate of drug-likeness (QED) is 0.713. The van der Waals surface area contributed by atoms with Crippen molar-refractivity contribution in [1.29, 1.82) is 0 Å². The Morgan fingerprint density at radius 2 is 1.46 bits per heavy atom. The molecule has 0 heterocycles. The van der Waals surface area contributed by atoms with E-state index in [1.807, 2.05) is 42.5 Å². The first-order chi connectivity index (χ1) is 11.7. The molecular formula is C20H17NO3. The van der Waals surface area contributed by atoms with Gasteiger partial charge in [-0.05, 0) is 29.8 Å². The molecule has 3 aromatic carbocycles. The number of hydrogen-bond acceptors (Lipinski definition) is 2. The fourth-order valence-electron chi connectivity index (χ4n) is 2.40. The lowest BCUT2D eigenvalue weighted by atomic mass is 10.2. The summed E-state index contributed by atoms with van der Waals surface area (Å²) in [6.45, 7) is 0.433. The van der Waals surface area contributed by atoms with Gasteiger partial charge in [0.25, 0.3) is 0 Å². The van der Waals surface area contributed by atoms with Crippen LogP contribution in [0.15, 0.2) is 84.9 Å². The van der Waals surface area contributed by atoms with Crippen molar-refractivity contribution in [2.45, 2.75) is 6.61 Å². The fraction of sp³-hybridized carbons (Fsp3) is 0.0500. The van der Waals surface area contributed by atoms with E-state index < -0.39 is 6.09 Å². The van der Waals surface area contributed by atoms with E-state index in [2.05, 4.69) is 0 Å². The molecule has 3 rings (SSSR count). The second-order valence-corrected chi connectivity index (χ2v) is 5.23. The normalized spacial score (nSPS) is 10.2. The van der Waals surface area contributed by atoms with Crippen LogP contribution in [0.3, 0.4) is 0 Å². The second kappa shape index (κ2) is 7.33. The maximum absolute atomic E-state index is 11.7. The van der Waals surface area contributed by atoms with Crippen LogP contribution >= 0.6 is 0 Å². The van der Waals surface area contributed by atoms with Crippen molar-refractivity contribution in [2.24, 2.45) is 0 Å². The fourth-order valence-corrected chi connectivity index (χ4v) is 2.40. The van der Waals surface area contributed by atoms with Gasteiger partial charge in [0.15, 0.2) is 0 Å². The lowest BCUT2D eigenvalue weighted by Crippen LogP contribution is -2.23. The molecule has 0 saturated heterocycles. The largest absolute Gasteiger partial charge is 0.489 e. The minimum absolute atomic E-state index is 0.433. The van der Waals surface area contributed by atoms with E-state index in [1.54, 1.807) is 42.5 Å². The highest BCUT2D eigenvalue weighted by molar-refractivity contribution is 5.94. The summed E-state index contributed by atoms with van der Waals surface area (Å²) in [7, 11) is 0. The molecule has 24 heavy (non-hydrogen) atoms. The van der Waals surface area contributed by atoms with Crippen LogP contribution in [0.2, 0.25) is 0 Å². The molecule has 3 aromatic rings. The SMILES string of the molecule is O=C(O)N(c1ccccc1)c1cccc(OCc2ccccc2)c1. The number of benzene rings is 3. The van der Waals surface area contributed by atoms with E-state index in [9.17, 15) is 9.90 Å². The summed E-state index contributed by atoms with van der Waals surface area (Å²) in [5.74, 6) is 0.624. The van der Waals surface area contributed by atoms with Gasteiger partial charge < -0.3 is 9.84 Å². The van der Waals surface area contributed by atoms with Crippen molar-refractivity contribution in [2.75, 3.05) is 4.90 Å². The van der Waals surface area contributed by atoms with E-state index in [-0.39, 0.29) is 0 Å². The van der Waals surface area contributed by atoms with Crippen molar-refractivity contribution in [3.05, 3.63) is 90.5 Å². The Balaban J connectivity index is 1.82. The first-order valence-corrected chi connectivity index (χ1v) is 7.59. The van der Waals surface area contributed by atoms with Crippen molar-refractivity contribution in [3.63, 3.8) is 0 Å². The van der Waals surface area contributed by atoms with Gasteiger partial charge in [0, 0.05) is 6.07 Å². The smallest absolute Gasteiger partial charge is 0.416 e. The number of nitrogens with zero attached hydrogens (tertiary/aromatic N) is 1. The van der Waals surface area contributed by atoms with Crippen LogP contribution in [0.5, 0.6) is 5.75 Å². The zero-order valence-corrected chi connectivity index (χ0v) is 13.0. The van der Waals surface area contributed by atoms with Gasteiger partial charge in [-0.25, -0.2) is 9.69 Å². The molecule has 0 spiro atoms. The molecular weight excluding hydrogens is 302 g/mol. The predicted molar refractivity (Wildman–Crippen MR) is 93.8 cm³/mol. The maximum Gasteiger partial charge on any atom is 0.416 e. The van der Waals surface area contributed by atoms with Crippen molar-refractivity contribution >= 4 is 17.5 Å². The molecule has 0 fully saturated rings. The van der Waals surface area contributed by atoms with Crippen molar-refractivity contribution < 1.29 is 14.6 Å². The highest BCUT2D eigenvalue weighted by Crippen LogP contribution is 2.28. The summed E-state index contributed by atoms with van der Waals surface area (Å²) in [4.78, 5) is 12.9. The average molecular weight is 319 g/mol. The molecule has 120 valence electrons. The van der Waals surface area contributed by atoms with Crippen LogP contribution in [-0.4, -0.2) is 11.2 Å². The summed E-state index contributed by atoms with van der Waals surface area (Å²) in [6, 6.07) is 25.9. The predicted octanol–water partition coefficient (Wildman–Crippen LogP) is 5.08. The maximum atomic E-state index is 11.7. The highest BCUT2D eigenvalue weighted by Gasteiger charge is 2.17. The van der Waals surface area contributed by atoms with Crippen LogP contribution in [0.4, 0.5) is 16.2 Å². The molecule has 0 aliphatic carbocycles. The minimum atomic E-state index is -1.04. The van der Waals surface area contributed by atoms with Crippen LogP contribution in [0, 0.1) is 0 Å². The minimum Gasteiger partial charge on any atom is -0.489 e. The number of hydrogen-bond donors (Lipinski definition) is 1. The van der Waals surface area contributed by atoms with Crippen LogP contribution in [-0.2, 0) is 6.61 Å². The molecule has 1 N–H and O–H groups in total. The molecule has 0 atom stereocenters. The van der Waals surface area contributed by atoms with Gasteiger partial charge in [-0.3, -0.25) is 0 Å². The number of rotatable bonds is 5. The van der Waals surface area contributed by atoms with Gasteiger partial charge in [0.2, 0.25) is 0 Å². The zero-order valence-electron chi connectivity index (χ0n) is 13.0. The Bertz CT molecular complexity index is 803. The Morgan fingerprint density at radius 1 is 0.833 bits per heavy atom. The van der Waals surface area contributed by atoms with Crippen LogP contribution in [0.25, 0.3) is 0 Å². The molecule has 0 aromatic heterocycles. The van der Waals surface area contributed by atoms with E-state index in [0.29, 0.717) is 23.7 Å². The number of carbonyl (C=O) groups is 1. The average Bonchev–Trinajstić information content (AvgIpc) is 2.62. The van der Waals surface area contributed by atoms with Gasteiger partial charge >= 0.3 is 6.09 Å². The molecule has 4 nitrogen and oxygen atoms in total. The number of para-hydroxylation sites is 1. The van der Waals surface area contributed by atoms with Gasteiger partial charge in [0.05, 0.1) is 11.4 Å². The summed E-state index contributed by atoms with van der Waals surface area (Å²) >= 11 is 0. The van der Waals surface area contributed by atoms with Gasteiger partial charge in [0.1, 0.15) is 12.4 Å². The molecule has 0 bridgehead atoms. The zero-order chi connectivity index (χ0) is 16.8. The van der Waals surface area contributed by atoms with Crippen LogP contribution in [0.1, 0.15) is 5.56 Å². The molecule has 0 saturated carbocycles. The first-order valence-electron chi connectivity index (χ1n) is 7.59. The third-order valence-electron chi connectivity index (χ3n) is 3.53. The van der Waals surface area contributed by atoms with E-state index in [1.165, 1.54) is 4.90 Å². The lowest BCUT2D eigenvalue weighted by Gasteiger charge is -2.20. The number of ether oxygens (including phenoxy) is 1. The van der Waals surface area contributed by atoms with Crippen LogP contribution < -0.4 is 9.64 Å². The second-order valence-electron chi connectivity index (χ2n) is 5.23. The summed E-state index contributed by atoms with van der Waals surface area (Å²) in [5, 5.41) is 9.56. The number of anilines is 2. The third-order valence-corrected chi connectivity index (χ3v) is 3.53. The number of amides is 1. The molecule has 0 unspecified atom stereocenters. The van der Waals surface area contributed by atoms with E-state index in [0.717, 1.165) is 5.56 Å². The Labute approximate surface area is 140 Å². The molecule has 4 heteroatoms. The first kappa shape index (κ1) is 15.6. The highest BCUT2D eigenvalue weighted by atomic mass is 16.5. The van der Waals surface area contributed by atoms with Crippen molar-refractivity contribution in [3.8, 4) is 5.75 Å². The third kappa shape index (κ3) is 3.73. The van der Waals surface area contributed by atoms with E-state index in [4.69, 9.17) is 4.74 Å². The van der Waals surface area contributed by atoms with Gasteiger partial charge in [-0.15, -0.1) is 0 Å². The lowest BCUT2D eigenvalue weighted by molar-refractivity contribution is 0.205. The number of carboxylic acid groups (broad SMARTS) is 1. The van der Waals surface area contributed by atoms with Crippen molar-refractivity contribution in [1.82, 2.24) is 0 Å². The molecule has 0 aliphatic heterocycles. The summed E-state index contributed by atoms with van der Waals surface area (Å²) in [6.07, 6.45) is -1.04. The Hall–Kier alpha value is -3.27. The molecule has 0 aliphatic rings. The topological polar surface area (TPSA) is 49.8 Å². The molecule has 0 radical (unpaired) electrons. The Kier molecular flexibility index (Phi) is 4.77. The molecule has 1 amide bonds. The Morgan fingerprint density at radius 3 is 2.12 bits per heavy atom. The van der Waals surface area contributed by atoms with E-state index >= 15 is 0 Å². The summed E-state index contributed by atoms with van der Waals surface area (Å²) in [5.41, 5.74) is 2.19. The van der Waals surface area contributed by atoms with Gasteiger partial charge in [-0.1, -0.05) is 54.6 Å². The monoisotopic (exact) mass is 319 g/mol. The summed E-state index contributed by atoms with van der Waals surface area (Å²) < 4.78 is 5.78.